The summed E-state index contributed by atoms with van der Waals surface area (Å²) >= 11 is 0. The summed E-state index contributed by atoms with van der Waals surface area (Å²) < 4.78 is 0. The van der Waals surface area contributed by atoms with Gasteiger partial charge in [0.25, 0.3) is 0 Å². The largest absolute Gasteiger partial charge is 0.347 e. The molecule has 1 N–H and O–H groups in total. The van der Waals surface area contributed by atoms with Gasteiger partial charge in [0.15, 0.2) is 0 Å². The number of para-hydroxylation sites is 1. The van der Waals surface area contributed by atoms with Gasteiger partial charge in [0, 0.05) is 32.9 Å². The van der Waals surface area contributed by atoms with E-state index < -0.39 is 0 Å². The van der Waals surface area contributed by atoms with E-state index >= 15 is 0 Å². The van der Waals surface area contributed by atoms with E-state index in [1.807, 2.05) is 50.2 Å². The molecule has 0 bridgehead atoms. The number of carbonyl (C=O) groups excluding carboxylic acids is 2. The lowest BCUT2D eigenvalue weighted by atomic mass is 9.66. The third-order valence-electron chi connectivity index (χ3n) is 6.31. The Balaban J connectivity index is 1.68. The number of amides is 3. The van der Waals surface area contributed by atoms with Gasteiger partial charge in [0.2, 0.25) is 5.91 Å². The molecule has 0 saturated carbocycles. The Labute approximate surface area is 162 Å². The Kier molecular flexibility index (Phi) is 5.75. The highest BCUT2D eigenvalue weighted by Gasteiger charge is 2.49. The topological polar surface area (TPSA) is 55.9 Å². The van der Waals surface area contributed by atoms with Crippen molar-refractivity contribution in [2.45, 2.75) is 38.6 Å². The van der Waals surface area contributed by atoms with Gasteiger partial charge in [-0.15, -0.1) is 0 Å². The van der Waals surface area contributed by atoms with Crippen molar-refractivity contribution in [1.29, 1.82) is 0 Å². The van der Waals surface area contributed by atoms with E-state index in [9.17, 15) is 9.59 Å². The quantitative estimate of drug-likeness (QED) is 0.868. The molecule has 1 spiro atoms. The van der Waals surface area contributed by atoms with Gasteiger partial charge in [-0.2, -0.15) is 0 Å². The van der Waals surface area contributed by atoms with Crippen LogP contribution < -0.4 is 5.32 Å². The van der Waals surface area contributed by atoms with Crippen molar-refractivity contribution in [1.82, 2.24) is 14.7 Å². The van der Waals surface area contributed by atoms with E-state index in [0.29, 0.717) is 13.1 Å². The molecular weight excluding hydrogens is 340 g/mol. The van der Waals surface area contributed by atoms with Gasteiger partial charge in [0.05, 0.1) is 6.04 Å². The number of urea groups is 1. The number of aryl methyl sites for hydroxylation is 1. The third-order valence-corrected chi connectivity index (χ3v) is 6.31. The van der Waals surface area contributed by atoms with Gasteiger partial charge in [-0.05, 0) is 63.2 Å². The maximum atomic E-state index is 12.9. The molecule has 1 atom stereocenters. The van der Waals surface area contributed by atoms with Crippen molar-refractivity contribution in [2.24, 2.45) is 5.41 Å². The second kappa shape index (κ2) is 7.89. The molecule has 148 valence electrons. The van der Waals surface area contributed by atoms with Crippen LogP contribution in [0.5, 0.6) is 0 Å². The minimum Gasteiger partial charge on any atom is -0.347 e. The molecule has 6 heteroatoms. The standard InChI is InChI=1S/C21H32N4O2/c1-16-8-5-6-9-17(16)22-20(27)25-14-11-21(12-15-25)10-7-13-24(4)18(21)19(26)23(2)3/h5-6,8-9,18H,7,10-15H2,1-4H3,(H,22,27). The SMILES string of the molecule is Cc1ccccc1NC(=O)N1CCC2(CCCN(C)C2C(=O)N(C)C)CC1. The van der Waals surface area contributed by atoms with Crippen LogP contribution in [0.2, 0.25) is 0 Å². The Bertz CT molecular complexity index is 695. The number of nitrogens with one attached hydrogen (secondary N) is 1. The molecule has 6 nitrogen and oxygen atoms in total. The molecule has 2 saturated heterocycles. The number of benzene rings is 1. The Morgan fingerprint density at radius 3 is 2.41 bits per heavy atom. The zero-order chi connectivity index (χ0) is 19.6. The van der Waals surface area contributed by atoms with Crippen molar-refractivity contribution in [3.63, 3.8) is 0 Å². The predicted molar refractivity (Wildman–Crippen MR) is 108 cm³/mol. The minimum atomic E-state index is -0.0807. The molecule has 1 unspecified atom stereocenters. The smallest absolute Gasteiger partial charge is 0.321 e. The fourth-order valence-corrected chi connectivity index (χ4v) is 4.69. The maximum absolute atomic E-state index is 12.9. The van der Waals surface area contributed by atoms with Gasteiger partial charge < -0.3 is 15.1 Å². The van der Waals surface area contributed by atoms with E-state index in [-0.39, 0.29) is 23.4 Å². The van der Waals surface area contributed by atoms with E-state index in [1.165, 1.54) is 0 Å². The van der Waals surface area contributed by atoms with E-state index in [1.54, 1.807) is 4.90 Å². The lowest BCUT2D eigenvalue weighted by Crippen LogP contribution is -2.61. The number of hydrogen-bond acceptors (Lipinski definition) is 3. The van der Waals surface area contributed by atoms with Crippen LogP contribution in [-0.2, 0) is 4.79 Å². The molecule has 2 aliphatic rings. The molecule has 1 aromatic carbocycles. The summed E-state index contributed by atoms with van der Waals surface area (Å²) in [6, 6.07) is 7.71. The van der Waals surface area contributed by atoms with Gasteiger partial charge >= 0.3 is 6.03 Å². The fraction of sp³-hybridized carbons (Fsp3) is 0.619. The number of anilines is 1. The Hall–Kier alpha value is -2.08. The van der Waals surface area contributed by atoms with Crippen molar-refractivity contribution in [3.8, 4) is 0 Å². The first kappa shape index (κ1) is 19.7. The molecule has 2 aliphatic heterocycles. The van der Waals surface area contributed by atoms with Crippen LogP contribution in [0.1, 0.15) is 31.2 Å². The van der Waals surface area contributed by atoms with Crippen LogP contribution >= 0.6 is 0 Å². The highest BCUT2D eigenvalue weighted by atomic mass is 16.2. The molecule has 0 aliphatic carbocycles. The second-order valence-electron chi connectivity index (χ2n) is 8.31. The summed E-state index contributed by atoms with van der Waals surface area (Å²) in [5.74, 6) is 0.190. The second-order valence-corrected chi connectivity index (χ2v) is 8.31. The first-order valence-corrected chi connectivity index (χ1v) is 9.87. The summed E-state index contributed by atoms with van der Waals surface area (Å²) in [6.45, 7) is 4.35. The Morgan fingerprint density at radius 1 is 1.11 bits per heavy atom. The zero-order valence-corrected chi connectivity index (χ0v) is 17.0. The van der Waals surface area contributed by atoms with Gasteiger partial charge in [-0.25, -0.2) is 4.79 Å². The number of likely N-dealkylation sites (N-methyl/N-ethyl adjacent to an activating group) is 2. The molecule has 0 aromatic heterocycles. The molecule has 1 aromatic rings. The van der Waals surface area contributed by atoms with Crippen LogP contribution in [-0.4, -0.2) is 73.5 Å². The fourth-order valence-electron chi connectivity index (χ4n) is 4.69. The Morgan fingerprint density at radius 2 is 1.78 bits per heavy atom. The molecule has 3 amide bonds. The third kappa shape index (κ3) is 3.95. The molecule has 3 rings (SSSR count). The van der Waals surface area contributed by atoms with Crippen LogP contribution in [0.25, 0.3) is 0 Å². The van der Waals surface area contributed by atoms with E-state index in [0.717, 1.165) is 43.5 Å². The summed E-state index contributed by atoms with van der Waals surface area (Å²) in [4.78, 5) is 31.4. The average Bonchev–Trinajstić information content (AvgIpc) is 2.64. The highest BCUT2D eigenvalue weighted by molar-refractivity contribution is 5.90. The van der Waals surface area contributed by atoms with Crippen LogP contribution in [0, 0.1) is 12.3 Å². The summed E-state index contributed by atoms with van der Waals surface area (Å²) in [6.07, 6.45) is 3.93. The minimum absolute atomic E-state index is 0.0200. The monoisotopic (exact) mass is 372 g/mol. The summed E-state index contributed by atoms with van der Waals surface area (Å²) in [5, 5.41) is 3.03. The van der Waals surface area contributed by atoms with Crippen LogP contribution in [0.4, 0.5) is 10.5 Å². The normalized spacial score (nSPS) is 22.5. The van der Waals surface area contributed by atoms with Crippen LogP contribution in [0.3, 0.4) is 0 Å². The number of nitrogens with zero attached hydrogens (tertiary/aromatic N) is 3. The van der Waals surface area contributed by atoms with Crippen molar-refractivity contribution >= 4 is 17.6 Å². The van der Waals surface area contributed by atoms with Crippen LogP contribution in [0.15, 0.2) is 24.3 Å². The van der Waals surface area contributed by atoms with Crippen molar-refractivity contribution in [3.05, 3.63) is 29.8 Å². The van der Waals surface area contributed by atoms with Gasteiger partial charge in [-0.3, -0.25) is 9.69 Å². The van der Waals surface area contributed by atoms with Gasteiger partial charge in [-0.1, -0.05) is 18.2 Å². The van der Waals surface area contributed by atoms with E-state index in [4.69, 9.17) is 0 Å². The summed E-state index contributed by atoms with van der Waals surface area (Å²) in [5.41, 5.74) is 1.90. The average molecular weight is 373 g/mol. The molecule has 0 radical (unpaired) electrons. The first-order chi connectivity index (χ1) is 12.8. The molecular formula is C21H32N4O2. The number of hydrogen-bond donors (Lipinski definition) is 1. The molecule has 2 heterocycles. The molecule has 2 fully saturated rings. The van der Waals surface area contributed by atoms with E-state index in [2.05, 4.69) is 17.3 Å². The van der Waals surface area contributed by atoms with Crippen molar-refractivity contribution in [2.75, 3.05) is 46.1 Å². The first-order valence-electron chi connectivity index (χ1n) is 9.87. The summed E-state index contributed by atoms with van der Waals surface area (Å²) in [7, 11) is 5.73. The lowest BCUT2D eigenvalue weighted by Gasteiger charge is -2.52. The zero-order valence-electron chi connectivity index (χ0n) is 17.0. The highest BCUT2D eigenvalue weighted by Crippen LogP contribution is 2.44. The maximum Gasteiger partial charge on any atom is 0.321 e. The number of likely N-dealkylation sites (tertiary alicyclic amines) is 2. The number of rotatable bonds is 2. The predicted octanol–water partition coefficient (Wildman–Crippen LogP) is 2.79. The van der Waals surface area contributed by atoms with Crippen molar-refractivity contribution < 1.29 is 9.59 Å². The van der Waals surface area contributed by atoms with Gasteiger partial charge in [0.1, 0.15) is 0 Å². The number of carbonyl (C=O) groups is 2. The molecule has 27 heavy (non-hydrogen) atoms. The number of piperidine rings is 2. The lowest BCUT2D eigenvalue weighted by molar-refractivity contribution is -0.144.